The minimum atomic E-state index is 0.525. The second kappa shape index (κ2) is 11.6. The third-order valence-electron chi connectivity index (χ3n) is 2.59. The molecule has 0 aromatic heterocycles. The van der Waals surface area contributed by atoms with Crippen LogP contribution in [0.25, 0.3) is 0 Å². The van der Waals surface area contributed by atoms with Crippen LogP contribution in [-0.2, 0) is 0 Å². The second-order valence-corrected chi connectivity index (χ2v) is 4.22. The molecule has 0 aromatic carbocycles. The van der Waals surface area contributed by atoms with Crippen molar-refractivity contribution >= 4 is 5.71 Å². The maximum atomic E-state index is 4.45. The molecule has 0 aliphatic carbocycles. The maximum absolute atomic E-state index is 4.45. The van der Waals surface area contributed by atoms with Crippen molar-refractivity contribution in [3.05, 3.63) is 11.9 Å². The van der Waals surface area contributed by atoms with E-state index in [0.29, 0.717) is 5.92 Å². The van der Waals surface area contributed by atoms with Gasteiger partial charge in [0.15, 0.2) is 0 Å². The molecule has 0 saturated carbocycles. The zero-order valence-electron chi connectivity index (χ0n) is 13.0. The Morgan fingerprint density at radius 3 is 2.24 bits per heavy atom. The Hall–Kier alpha value is -0.830. The van der Waals surface area contributed by atoms with Crippen molar-refractivity contribution in [3.8, 4) is 0 Å². The van der Waals surface area contributed by atoms with E-state index in [-0.39, 0.29) is 0 Å². The van der Waals surface area contributed by atoms with E-state index < -0.39 is 0 Å². The highest BCUT2D eigenvalue weighted by molar-refractivity contribution is 5.84. The fourth-order valence-corrected chi connectivity index (χ4v) is 0.899. The van der Waals surface area contributed by atoms with Gasteiger partial charge in [-0.2, -0.15) is 0 Å². The maximum Gasteiger partial charge on any atom is 0.0455 e. The quantitative estimate of drug-likeness (QED) is 0.723. The Balaban J connectivity index is 0. The van der Waals surface area contributed by atoms with Gasteiger partial charge < -0.3 is 10.2 Å². The SMILES string of the molecule is CC.CNCCN(C)/C(C)=C/N=C(C)C(C)C. The monoisotopic (exact) mass is 241 g/mol. The van der Waals surface area contributed by atoms with Crippen molar-refractivity contribution in [1.82, 2.24) is 10.2 Å². The van der Waals surface area contributed by atoms with E-state index in [2.05, 4.69) is 50.0 Å². The van der Waals surface area contributed by atoms with Gasteiger partial charge in [0.1, 0.15) is 0 Å². The molecule has 17 heavy (non-hydrogen) atoms. The summed E-state index contributed by atoms with van der Waals surface area (Å²) in [5.41, 5.74) is 2.38. The van der Waals surface area contributed by atoms with Crippen LogP contribution in [0.4, 0.5) is 0 Å². The van der Waals surface area contributed by atoms with E-state index >= 15 is 0 Å². The number of hydrogen-bond donors (Lipinski definition) is 1. The minimum absolute atomic E-state index is 0.525. The lowest BCUT2D eigenvalue weighted by atomic mass is 10.1. The van der Waals surface area contributed by atoms with Crippen LogP contribution in [-0.4, -0.2) is 37.8 Å². The third kappa shape index (κ3) is 10.1. The summed E-state index contributed by atoms with van der Waals surface area (Å²) < 4.78 is 0. The molecular formula is C14H31N3. The number of hydrogen-bond acceptors (Lipinski definition) is 3. The summed E-state index contributed by atoms with van der Waals surface area (Å²) in [5, 5.41) is 3.13. The van der Waals surface area contributed by atoms with Crippen molar-refractivity contribution < 1.29 is 0 Å². The molecule has 0 amide bonds. The first-order chi connectivity index (χ1) is 7.99. The van der Waals surface area contributed by atoms with Crippen LogP contribution in [0, 0.1) is 5.92 Å². The van der Waals surface area contributed by atoms with E-state index in [4.69, 9.17) is 0 Å². The van der Waals surface area contributed by atoms with Gasteiger partial charge >= 0.3 is 0 Å². The summed E-state index contributed by atoms with van der Waals surface area (Å²) in [7, 11) is 4.05. The van der Waals surface area contributed by atoms with Gasteiger partial charge in [0, 0.05) is 37.7 Å². The van der Waals surface area contributed by atoms with Gasteiger partial charge in [-0.1, -0.05) is 27.7 Å². The van der Waals surface area contributed by atoms with Crippen LogP contribution >= 0.6 is 0 Å². The van der Waals surface area contributed by atoms with E-state index in [1.54, 1.807) is 0 Å². The van der Waals surface area contributed by atoms with E-state index in [1.807, 2.05) is 27.1 Å². The van der Waals surface area contributed by atoms with Crippen LogP contribution in [0.5, 0.6) is 0 Å². The van der Waals surface area contributed by atoms with Gasteiger partial charge in [-0.3, -0.25) is 4.99 Å². The van der Waals surface area contributed by atoms with Gasteiger partial charge in [-0.05, 0) is 26.8 Å². The van der Waals surface area contributed by atoms with Gasteiger partial charge in [-0.15, -0.1) is 0 Å². The van der Waals surface area contributed by atoms with Gasteiger partial charge in [0.2, 0.25) is 0 Å². The van der Waals surface area contributed by atoms with E-state index in [0.717, 1.165) is 13.1 Å². The van der Waals surface area contributed by atoms with Gasteiger partial charge in [0.05, 0.1) is 0 Å². The molecule has 0 aromatic rings. The molecule has 1 N–H and O–H groups in total. The number of likely N-dealkylation sites (N-methyl/N-ethyl adjacent to an activating group) is 2. The molecule has 3 nitrogen and oxygen atoms in total. The Labute approximate surface area is 108 Å². The molecule has 0 unspecified atom stereocenters. The topological polar surface area (TPSA) is 27.6 Å². The highest BCUT2D eigenvalue weighted by Crippen LogP contribution is 2.02. The van der Waals surface area contributed by atoms with Crippen molar-refractivity contribution in [1.29, 1.82) is 0 Å². The molecular weight excluding hydrogens is 210 g/mol. The van der Waals surface area contributed by atoms with Crippen molar-refractivity contribution in [2.45, 2.75) is 41.5 Å². The van der Waals surface area contributed by atoms with Crippen molar-refractivity contribution in [2.24, 2.45) is 10.9 Å². The average molecular weight is 241 g/mol. The standard InChI is InChI=1S/C12H25N3.C2H6/c1-10(2)12(4)14-9-11(3)15(6)8-7-13-5;1-2/h9-10,13H,7-8H2,1-6H3;1-2H3/b11-9+,14-12?;. The lowest BCUT2D eigenvalue weighted by Gasteiger charge is -2.18. The molecule has 0 atom stereocenters. The number of rotatable bonds is 6. The highest BCUT2D eigenvalue weighted by Gasteiger charge is 1.98. The summed E-state index contributed by atoms with van der Waals surface area (Å²) in [5.74, 6) is 0.525. The fraction of sp³-hybridized carbons (Fsp3) is 0.786. The van der Waals surface area contributed by atoms with Gasteiger partial charge in [-0.25, -0.2) is 0 Å². The molecule has 0 aliphatic heterocycles. The first-order valence-electron chi connectivity index (χ1n) is 6.55. The molecule has 0 heterocycles. The average Bonchev–Trinajstić information content (AvgIpc) is 2.34. The smallest absolute Gasteiger partial charge is 0.0455 e. The van der Waals surface area contributed by atoms with Gasteiger partial charge in [0.25, 0.3) is 0 Å². The molecule has 0 saturated heterocycles. The fourth-order valence-electron chi connectivity index (χ4n) is 0.899. The number of aliphatic imine (C=N–C) groups is 1. The van der Waals surface area contributed by atoms with Crippen molar-refractivity contribution in [2.75, 3.05) is 27.2 Å². The predicted octanol–water partition coefficient (Wildman–Crippen LogP) is 3.14. The third-order valence-corrected chi connectivity index (χ3v) is 2.59. The number of nitrogens with zero attached hydrogens (tertiary/aromatic N) is 2. The number of allylic oxidation sites excluding steroid dienone is 1. The summed E-state index contributed by atoms with van der Waals surface area (Å²) >= 11 is 0. The molecule has 3 heteroatoms. The molecule has 0 rings (SSSR count). The lowest BCUT2D eigenvalue weighted by molar-refractivity contribution is 0.415. The summed E-state index contributed by atoms with van der Waals surface area (Å²) in [6.45, 7) is 14.5. The van der Waals surface area contributed by atoms with Crippen LogP contribution in [0.15, 0.2) is 16.9 Å². The first-order valence-corrected chi connectivity index (χ1v) is 6.55. The normalized spacial score (nSPS) is 12.3. The van der Waals surface area contributed by atoms with Crippen LogP contribution in [0.2, 0.25) is 0 Å². The Bertz CT molecular complexity index is 230. The molecule has 102 valence electrons. The lowest BCUT2D eigenvalue weighted by Crippen LogP contribution is -2.25. The van der Waals surface area contributed by atoms with Crippen LogP contribution in [0.3, 0.4) is 0 Å². The zero-order valence-corrected chi connectivity index (χ0v) is 13.0. The Morgan fingerprint density at radius 1 is 1.29 bits per heavy atom. The number of nitrogens with one attached hydrogen (secondary N) is 1. The molecule has 0 spiro atoms. The largest absolute Gasteiger partial charge is 0.376 e. The molecule has 0 bridgehead atoms. The predicted molar refractivity (Wildman–Crippen MR) is 79.6 cm³/mol. The summed E-state index contributed by atoms with van der Waals surface area (Å²) in [4.78, 5) is 6.65. The first kappa shape index (κ1) is 18.5. The molecule has 0 radical (unpaired) electrons. The highest BCUT2D eigenvalue weighted by atomic mass is 15.1. The zero-order chi connectivity index (χ0) is 13.8. The van der Waals surface area contributed by atoms with E-state index in [9.17, 15) is 0 Å². The molecule has 0 fully saturated rings. The van der Waals surface area contributed by atoms with Crippen LogP contribution < -0.4 is 5.32 Å². The molecule has 0 aliphatic rings. The second-order valence-electron chi connectivity index (χ2n) is 4.22. The van der Waals surface area contributed by atoms with E-state index in [1.165, 1.54) is 11.4 Å². The summed E-state index contributed by atoms with van der Waals surface area (Å²) in [6, 6.07) is 0. The Morgan fingerprint density at radius 2 is 1.82 bits per heavy atom. The van der Waals surface area contributed by atoms with Crippen molar-refractivity contribution in [3.63, 3.8) is 0 Å². The van der Waals surface area contributed by atoms with Crippen LogP contribution in [0.1, 0.15) is 41.5 Å². The minimum Gasteiger partial charge on any atom is -0.376 e. The summed E-state index contributed by atoms with van der Waals surface area (Å²) in [6.07, 6.45) is 1.95. The Kier molecular flexibility index (Phi) is 12.7.